The van der Waals surface area contributed by atoms with Crippen molar-refractivity contribution in [3.63, 3.8) is 0 Å². The quantitative estimate of drug-likeness (QED) is 0.204. The predicted octanol–water partition coefficient (Wildman–Crippen LogP) is 5.24. The zero-order valence-corrected chi connectivity index (χ0v) is 24.6. The Morgan fingerprint density at radius 3 is 2.59 bits per heavy atom. The van der Waals surface area contributed by atoms with Crippen molar-refractivity contribution in [3.8, 4) is 5.75 Å². The molecule has 2 aromatic heterocycles. The van der Waals surface area contributed by atoms with Crippen LogP contribution < -0.4 is 20.3 Å². The SMILES string of the molecule is C=CC(=O)Nc1cc(Nc2nc(/C(=C/C)c3ccccc3CC)c3cn[nH]c3n2)c(OC)cc1N(C)CCN(C)C. The molecule has 10 nitrogen and oxygen atoms in total. The van der Waals surface area contributed by atoms with Crippen molar-refractivity contribution in [3.05, 3.63) is 78.1 Å². The van der Waals surface area contributed by atoms with Crippen LogP contribution in [0.1, 0.15) is 30.7 Å². The number of aryl methyl sites for hydroxylation is 1. The third-order valence-electron chi connectivity index (χ3n) is 6.84. The molecular weight excluding hydrogens is 516 g/mol. The zero-order valence-electron chi connectivity index (χ0n) is 24.6. The van der Waals surface area contributed by atoms with Gasteiger partial charge in [-0.05, 0) is 50.7 Å². The molecule has 0 unspecified atom stereocenters. The van der Waals surface area contributed by atoms with Gasteiger partial charge in [0, 0.05) is 31.8 Å². The standard InChI is InChI=1S/C31H38N8O2/c1-8-20-13-11-12-14-22(20)21(9-2)29-23-19-32-37-30(23)36-31(35-29)34-25-17-24(33-28(40)10-3)26(18-27(25)41-7)39(6)16-15-38(4)5/h9-14,17-19H,3,8,15-16H2,1-2,4-7H3,(H,33,40)(H2,32,34,35,36,37)/b21-9+. The lowest BCUT2D eigenvalue weighted by atomic mass is 9.94. The van der Waals surface area contributed by atoms with Gasteiger partial charge in [-0.25, -0.2) is 4.98 Å². The largest absolute Gasteiger partial charge is 0.494 e. The monoisotopic (exact) mass is 554 g/mol. The van der Waals surface area contributed by atoms with Crippen LogP contribution in [0, 0.1) is 0 Å². The molecule has 4 aromatic rings. The number of hydrogen-bond donors (Lipinski definition) is 3. The number of ether oxygens (including phenoxy) is 1. The first-order valence-electron chi connectivity index (χ1n) is 13.5. The summed E-state index contributed by atoms with van der Waals surface area (Å²) < 4.78 is 5.77. The molecule has 0 bridgehead atoms. The highest BCUT2D eigenvalue weighted by Crippen LogP contribution is 2.38. The first-order valence-corrected chi connectivity index (χ1v) is 13.5. The summed E-state index contributed by atoms with van der Waals surface area (Å²) in [6, 6.07) is 12.0. The normalized spacial score (nSPS) is 11.5. The Hall–Kier alpha value is -4.70. The van der Waals surface area contributed by atoms with Gasteiger partial charge in [0.1, 0.15) is 5.75 Å². The number of nitrogens with zero attached hydrogens (tertiary/aromatic N) is 5. The second-order valence-corrected chi connectivity index (χ2v) is 9.85. The van der Waals surface area contributed by atoms with Crippen LogP contribution in [0.2, 0.25) is 0 Å². The van der Waals surface area contributed by atoms with E-state index in [1.165, 1.54) is 11.6 Å². The third kappa shape index (κ3) is 6.55. The molecule has 10 heteroatoms. The number of methoxy groups -OCH3 is 1. The van der Waals surface area contributed by atoms with Crippen LogP contribution in [-0.2, 0) is 11.2 Å². The van der Waals surface area contributed by atoms with Gasteiger partial charge < -0.3 is 25.2 Å². The molecule has 0 spiro atoms. The van der Waals surface area contributed by atoms with E-state index < -0.39 is 0 Å². The number of benzene rings is 2. The highest BCUT2D eigenvalue weighted by Gasteiger charge is 2.19. The lowest BCUT2D eigenvalue weighted by molar-refractivity contribution is -0.111. The number of anilines is 4. The molecule has 0 aliphatic rings. The lowest BCUT2D eigenvalue weighted by Gasteiger charge is -2.26. The van der Waals surface area contributed by atoms with Gasteiger partial charge in [-0.15, -0.1) is 0 Å². The number of carbonyl (C=O) groups is 1. The number of rotatable bonds is 12. The first-order chi connectivity index (χ1) is 19.8. The second kappa shape index (κ2) is 13.1. The van der Waals surface area contributed by atoms with Gasteiger partial charge in [0.25, 0.3) is 0 Å². The predicted molar refractivity (Wildman–Crippen MR) is 167 cm³/mol. The molecule has 3 N–H and O–H groups in total. The van der Waals surface area contributed by atoms with Crippen LogP contribution in [0.15, 0.2) is 61.3 Å². The Morgan fingerprint density at radius 2 is 1.90 bits per heavy atom. The molecule has 4 rings (SSSR count). The van der Waals surface area contributed by atoms with Crippen LogP contribution in [0.5, 0.6) is 5.75 Å². The number of fused-ring (bicyclic) bond motifs is 1. The van der Waals surface area contributed by atoms with Crippen LogP contribution in [0.4, 0.5) is 23.0 Å². The number of nitrogens with one attached hydrogen (secondary N) is 3. The molecule has 0 saturated carbocycles. The Kier molecular flexibility index (Phi) is 9.36. The molecule has 214 valence electrons. The van der Waals surface area contributed by atoms with Crippen molar-refractivity contribution < 1.29 is 9.53 Å². The van der Waals surface area contributed by atoms with E-state index in [2.05, 4.69) is 62.3 Å². The Bertz CT molecular complexity index is 1570. The molecule has 0 fully saturated rings. The molecule has 0 radical (unpaired) electrons. The summed E-state index contributed by atoms with van der Waals surface area (Å²) in [4.78, 5) is 26.2. The number of aromatic amines is 1. The van der Waals surface area contributed by atoms with Crippen molar-refractivity contribution in [1.29, 1.82) is 0 Å². The van der Waals surface area contributed by atoms with E-state index in [1.54, 1.807) is 13.3 Å². The Balaban J connectivity index is 1.80. The highest BCUT2D eigenvalue weighted by molar-refractivity contribution is 6.02. The molecule has 0 aliphatic heterocycles. The lowest BCUT2D eigenvalue weighted by Crippen LogP contribution is -2.29. The summed E-state index contributed by atoms with van der Waals surface area (Å²) in [6.07, 6.45) is 5.95. The smallest absolute Gasteiger partial charge is 0.247 e. The minimum Gasteiger partial charge on any atom is -0.494 e. The molecule has 0 saturated heterocycles. The minimum absolute atomic E-state index is 0.312. The number of carbonyl (C=O) groups excluding carboxylic acids is 1. The van der Waals surface area contributed by atoms with Gasteiger partial charge in [-0.1, -0.05) is 43.8 Å². The average molecular weight is 555 g/mol. The topological polar surface area (TPSA) is 111 Å². The molecule has 1 amide bonds. The fraction of sp³-hybridized carbons (Fsp3) is 0.290. The Morgan fingerprint density at radius 1 is 1.12 bits per heavy atom. The summed E-state index contributed by atoms with van der Waals surface area (Å²) in [5.41, 5.74) is 6.69. The maximum absolute atomic E-state index is 12.4. The van der Waals surface area contributed by atoms with E-state index >= 15 is 0 Å². The number of amides is 1. The number of hydrogen-bond acceptors (Lipinski definition) is 8. The van der Waals surface area contributed by atoms with Gasteiger partial charge in [-0.2, -0.15) is 10.1 Å². The fourth-order valence-corrected chi connectivity index (χ4v) is 4.63. The van der Waals surface area contributed by atoms with Crippen LogP contribution in [0.3, 0.4) is 0 Å². The van der Waals surface area contributed by atoms with E-state index in [1.807, 2.05) is 52.3 Å². The van der Waals surface area contributed by atoms with Crippen molar-refractivity contribution in [2.45, 2.75) is 20.3 Å². The molecule has 2 aromatic carbocycles. The summed E-state index contributed by atoms with van der Waals surface area (Å²) in [5.74, 6) is 0.622. The maximum atomic E-state index is 12.4. The summed E-state index contributed by atoms with van der Waals surface area (Å²) in [6.45, 7) is 9.33. The number of H-pyrrole nitrogens is 1. The third-order valence-corrected chi connectivity index (χ3v) is 6.84. The van der Waals surface area contributed by atoms with Crippen molar-refractivity contribution in [1.82, 2.24) is 25.1 Å². The van der Waals surface area contributed by atoms with Crippen molar-refractivity contribution >= 4 is 45.5 Å². The van der Waals surface area contributed by atoms with Gasteiger partial charge in [0.05, 0.1) is 41.4 Å². The van der Waals surface area contributed by atoms with Gasteiger partial charge in [0.2, 0.25) is 11.9 Å². The molecule has 41 heavy (non-hydrogen) atoms. The van der Waals surface area contributed by atoms with E-state index in [0.29, 0.717) is 28.7 Å². The average Bonchev–Trinajstić information content (AvgIpc) is 3.45. The molecule has 0 atom stereocenters. The van der Waals surface area contributed by atoms with E-state index in [0.717, 1.165) is 47.4 Å². The van der Waals surface area contributed by atoms with Crippen LogP contribution in [-0.4, -0.2) is 72.3 Å². The van der Waals surface area contributed by atoms with E-state index in [9.17, 15) is 4.79 Å². The molecule has 0 aliphatic carbocycles. The highest BCUT2D eigenvalue weighted by atomic mass is 16.5. The molecular formula is C31H38N8O2. The number of allylic oxidation sites excluding steroid dienone is 1. The van der Waals surface area contributed by atoms with Gasteiger partial charge >= 0.3 is 0 Å². The summed E-state index contributed by atoms with van der Waals surface area (Å²) >= 11 is 0. The van der Waals surface area contributed by atoms with Crippen molar-refractivity contribution in [2.24, 2.45) is 0 Å². The van der Waals surface area contributed by atoms with Crippen molar-refractivity contribution in [2.75, 3.05) is 56.9 Å². The fourth-order valence-electron chi connectivity index (χ4n) is 4.63. The Labute approximate surface area is 241 Å². The minimum atomic E-state index is -0.312. The first kappa shape index (κ1) is 29.3. The maximum Gasteiger partial charge on any atom is 0.247 e. The second-order valence-electron chi connectivity index (χ2n) is 9.85. The van der Waals surface area contributed by atoms with Crippen LogP contribution in [0.25, 0.3) is 16.6 Å². The zero-order chi connectivity index (χ0) is 29.5. The van der Waals surface area contributed by atoms with Gasteiger partial charge in [0.15, 0.2) is 5.65 Å². The van der Waals surface area contributed by atoms with E-state index in [-0.39, 0.29) is 5.91 Å². The molecule has 2 heterocycles. The summed E-state index contributed by atoms with van der Waals surface area (Å²) in [5, 5.41) is 14.3. The summed E-state index contributed by atoms with van der Waals surface area (Å²) in [7, 11) is 7.62. The van der Waals surface area contributed by atoms with Crippen LogP contribution >= 0.6 is 0 Å². The number of aromatic nitrogens is 4. The van der Waals surface area contributed by atoms with E-state index in [4.69, 9.17) is 14.7 Å². The number of likely N-dealkylation sites (N-methyl/N-ethyl adjacent to an activating group) is 2. The van der Waals surface area contributed by atoms with Gasteiger partial charge in [-0.3, -0.25) is 9.89 Å².